The van der Waals surface area contributed by atoms with Crippen molar-refractivity contribution < 1.29 is 9.21 Å². The minimum absolute atomic E-state index is 0.0469. The van der Waals surface area contributed by atoms with E-state index in [1.807, 2.05) is 23.1 Å². The quantitative estimate of drug-likeness (QED) is 0.792. The van der Waals surface area contributed by atoms with E-state index in [1.165, 1.54) is 5.56 Å². The van der Waals surface area contributed by atoms with E-state index < -0.39 is 0 Å². The Balaban J connectivity index is 1.91. The van der Waals surface area contributed by atoms with Gasteiger partial charge in [0.25, 0.3) is 0 Å². The van der Waals surface area contributed by atoms with Gasteiger partial charge in [0.2, 0.25) is 5.88 Å². The highest BCUT2D eigenvalue weighted by Crippen LogP contribution is 2.27. The highest BCUT2D eigenvalue weighted by molar-refractivity contribution is 6.02. The second-order valence-corrected chi connectivity index (χ2v) is 5.03. The van der Waals surface area contributed by atoms with Gasteiger partial charge in [-0.05, 0) is 37.0 Å². The highest BCUT2D eigenvalue weighted by Gasteiger charge is 2.25. The number of hydrogen-bond donors (Lipinski definition) is 0. The molecule has 0 spiro atoms. The van der Waals surface area contributed by atoms with Crippen molar-refractivity contribution in [1.29, 1.82) is 0 Å². The molecule has 4 heteroatoms. The minimum Gasteiger partial charge on any atom is -0.448 e. The van der Waals surface area contributed by atoms with Crippen molar-refractivity contribution in [2.45, 2.75) is 19.3 Å². The van der Waals surface area contributed by atoms with E-state index in [0.29, 0.717) is 5.88 Å². The van der Waals surface area contributed by atoms with Gasteiger partial charge in [0.05, 0.1) is 6.26 Å². The molecule has 0 unspecified atom stereocenters. The van der Waals surface area contributed by atoms with Gasteiger partial charge in [-0.3, -0.25) is 9.80 Å². The molecule has 2 heterocycles. The summed E-state index contributed by atoms with van der Waals surface area (Å²) < 4.78 is 5.30. The molecule has 0 saturated heterocycles. The molecule has 20 heavy (non-hydrogen) atoms. The molecule has 0 N–H and O–H groups in total. The van der Waals surface area contributed by atoms with E-state index in [-0.39, 0.29) is 6.03 Å². The van der Waals surface area contributed by atoms with Gasteiger partial charge in [0.1, 0.15) is 0 Å². The SMILES string of the molecule is CN(C(=O)N1CCCCc2ccccc21)c1ccco1. The van der Waals surface area contributed by atoms with Crippen LogP contribution in [0.1, 0.15) is 18.4 Å². The van der Waals surface area contributed by atoms with E-state index >= 15 is 0 Å². The van der Waals surface area contributed by atoms with E-state index in [1.54, 1.807) is 30.3 Å². The molecular formula is C16H18N2O2. The molecule has 0 radical (unpaired) electrons. The van der Waals surface area contributed by atoms with Crippen LogP contribution in [-0.2, 0) is 6.42 Å². The van der Waals surface area contributed by atoms with Crippen molar-refractivity contribution in [3.8, 4) is 0 Å². The summed E-state index contributed by atoms with van der Waals surface area (Å²) in [6.45, 7) is 0.751. The van der Waals surface area contributed by atoms with Crippen molar-refractivity contribution >= 4 is 17.6 Å². The number of rotatable bonds is 1. The first kappa shape index (κ1) is 12.8. The lowest BCUT2D eigenvalue weighted by atomic mass is 10.1. The lowest BCUT2D eigenvalue weighted by Crippen LogP contribution is -2.41. The first-order valence-electron chi connectivity index (χ1n) is 6.94. The fraction of sp³-hybridized carbons (Fsp3) is 0.312. The number of hydrogen-bond acceptors (Lipinski definition) is 2. The topological polar surface area (TPSA) is 36.7 Å². The van der Waals surface area contributed by atoms with Crippen LogP contribution in [0.2, 0.25) is 0 Å². The molecule has 1 aliphatic heterocycles. The molecule has 0 fully saturated rings. The number of furan rings is 1. The Hall–Kier alpha value is -2.23. The summed E-state index contributed by atoms with van der Waals surface area (Å²) in [5.74, 6) is 0.566. The molecule has 1 aromatic carbocycles. The van der Waals surface area contributed by atoms with Gasteiger partial charge in [-0.15, -0.1) is 0 Å². The van der Waals surface area contributed by atoms with Crippen LogP contribution in [0.25, 0.3) is 0 Å². The second kappa shape index (κ2) is 5.41. The summed E-state index contributed by atoms with van der Waals surface area (Å²) in [6.07, 6.45) is 4.75. The third-order valence-electron chi connectivity index (χ3n) is 3.71. The smallest absolute Gasteiger partial charge is 0.331 e. The maximum atomic E-state index is 12.7. The predicted molar refractivity (Wildman–Crippen MR) is 79.2 cm³/mol. The molecule has 1 aliphatic rings. The maximum Gasteiger partial charge on any atom is 0.331 e. The molecule has 0 aliphatic carbocycles. The second-order valence-electron chi connectivity index (χ2n) is 5.03. The molecule has 104 valence electrons. The van der Waals surface area contributed by atoms with Gasteiger partial charge in [0, 0.05) is 25.3 Å². The number of aryl methyl sites for hydroxylation is 1. The summed E-state index contributed by atoms with van der Waals surface area (Å²) in [5, 5.41) is 0. The Bertz CT molecular complexity index is 592. The van der Waals surface area contributed by atoms with Crippen LogP contribution in [0.4, 0.5) is 16.4 Å². The van der Waals surface area contributed by atoms with E-state index in [0.717, 1.165) is 31.5 Å². The number of amides is 2. The van der Waals surface area contributed by atoms with Crippen molar-refractivity contribution in [3.63, 3.8) is 0 Å². The lowest BCUT2D eigenvalue weighted by molar-refractivity contribution is 0.251. The van der Waals surface area contributed by atoms with Gasteiger partial charge in [-0.2, -0.15) is 0 Å². The Morgan fingerprint density at radius 3 is 2.85 bits per heavy atom. The van der Waals surface area contributed by atoms with Gasteiger partial charge >= 0.3 is 6.03 Å². The average Bonchev–Trinajstić information content (AvgIpc) is 2.93. The van der Waals surface area contributed by atoms with Crippen molar-refractivity contribution in [2.24, 2.45) is 0 Å². The highest BCUT2D eigenvalue weighted by atomic mass is 16.3. The number of nitrogens with zero attached hydrogens (tertiary/aromatic N) is 2. The molecule has 0 atom stereocenters. The zero-order valence-corrected chi connectivity index (χ0v) is 11.6. The third-order valence-corrected chi connectivity index (χ3v) is 3.71. The normalized spacial score (nSPS) is 14.6. The van der Waals surface area contributed by atoms with Crippen molar-refractivity contribution in [3.05, 3.63) is 48.2 Å². The number of benzene rings is 1. The maximum absolute atomic E-state index is 12.7. The standard InChI is InChI=1S/C16H18N2O2/c1-17(15-10-6-12-20-15)16(19)18-11-5-4-8-13-7-2-3-9-14(13)18/h2-3,6-7,9-10,12H,4-5,8,11H2,1H3. The number of para-hydroxylation sites is 1. The predicted octanol–water partition coefficient (Wildman–Crippen LogP) is 3.68. The van der Waals surface area contributed by atoms with Crippen molar-refractivity contribution in [1.82, 2.24) is 0 Å². The first-order chi connectivity index (χ1) is 9.77. The van der Waals surface area contributed by atoms with Crippen LogP contribution in [0.5, 0.6) is 0 Å². The third kappa shape index (κ3) is 2.29. The summed E-state index contributed by atoms with van der Waals surface area (Å²) in [5.41, 5.74) is 2.26. The fourth-order valence-corrected chi connectivity index (χ4v) is 2.63. The molecule has 4 nitrogen and oxygen atoms in total. The Morgan fingerprint density at radius 1 is 1.20 bits per heavy atom. The molecular weight excluding hydrogens is 252 g/mol. The van der Waals surface area contributed by atoms with Crippen LogP contribution in [0, 0.1) is 0 Å². The summed E-state index contributed by atoms with van der Waals surface area (Å²) in [6, 6.07) is 11.7. The summed E-state index contributed by atoms with van der Waals surface area (Å²) in [4.78, 5) is 16.1. The van der Waals surface area contributed by atoms with Crippen LogP contribution >= 0.6 is 0 Å². The number of urea groups is 1. The number of fused-ring (bicyclic) bond motifs is 1. The number of carbonyl (C=O) groups excluding carboxylic acids is 1. The summed E-state index contributed by atoms with van der Waals surface area (Å²) in [7, 11) is 1.74. The summed E-state index contributed by atoms with van der Waals surface area (Å²) >= 11 is 0. The van der Waals surface area contributed by atoms with Crippen LogP contribution in [-0.4, -0.2) is 19.6 Å². The molecule has 2 amide bonds. The molecule has 1 aromatic heterocycles. The number of anilines is 2. The van der Waals surface area contributed by atoms with Crippen molar-refractivity contribution in [2.75, 3.05) is 23.4 Å². The van der Waals surface area contributed by atoms with Gasteiger partial charge in [-0.1, -0.05) is 18.2 Å². The van der Waals surface area contributed by atoms with Crippen LogP contribution < -0.4 is 9.80 Å². The van der Waals surface area contributed by atoms with Gasteiger partial charge in [0.15, 0.2) is 0 Å². The molecule has 0 bridgehead atoms. The van der Waals surface area contributed by atoms with Gasteiger partial charge in [-0.25, -0.2) is 4.79 Å². The molecule has 3 rings (SSSR count). The monoisotopic (exact) mass is 270 g/mol. The van der Waals surface area contributed by atoms with Gasteiger partial charge < -0.3 is 4.42 Å². The lowest BCUT2D eigenvalue weighted by Gasteiger charge is -2.27. The minimum atomic E-state index is -0.0469. The Morgan fingerprint density at radius 2 is 2.05 bits per heavy atom. The Labute approximate surface area is 118 Å². The molecule has 0 saturated carbocycles. The average molecular weight is 270 g/mol. The van der Waals surface area contributed by atoms with Crippen LogP contribution in [0.15, 0.2) is 47.1 Å². The van der Waals surface area contributed by atoms with E-state index in [4.69, 9.17) is 4.42 Å². The zero-order valence-electron chi connectivity index (χ0n) is 11.6. The van der Waals surface area contributed by atoms with Crippen LogP contribution in [0.3, 0.4) is 0 Å². The fourth-order valence-electron chi connectivity index (χ4n) is 2.63. The molecule has 2 aromatic rings. The first-order valence-corrected chi connectivity index (χ1v) is 6.94. The number of carbonyl (C=O) groups is 1. The largest absolute Gasteiger partial charge is 0.448 e. The van der Waals surface area contributed by atoms with E-state index in [9.17, 15) is 4.79 Å². The zero-order chi connectivity index (χ0) is 13.9. The Kier molecular flexibility index (Phi) is 3.46. The van der Waals surface area contributed by atoms with E-state index in [2.05, 4.69) is 6.07 Å².